The number of halogens is 25. The van der Waals surface area contributed by atoms with E-state index in [0.29, 0.717) is 0 Å². The van der Waals surface area contributed by atoms with E-state index in [-0.39, 0.29) is 0 Å². The fraction of sp³-hybridized carbons (Fsp3) is 1.00. The molecule has 0 fully saturated rings. The summed E-state index contributed by atoms with van der Waals surface area (Å²) in [6, 6.07) is 0. The van der Waals surface area contributed by atoms with Crippen LogP contribution in [0.4, 0.5) is 110 Å². The zero-order chi connectivity index (χ0) is 34.5. The first-order chi connectivity index (χ1) is 17.0. The van der Waals surface area contributed by atoms with Gasteiger partial charge in [0, 0.05) is 0 Å². The standard InChI is InChI=1S/C12H6F25N3Si/c13-1(14,3(17,18)5(21,22)7(25,26)9(29,30)11(33,34)35)2(15,16)4(19,20)6(23,24)8(27,28)10(31,32)12(36,37)41(38,39)40/h38-40H2. The predicted molar refractivity (Wildman–Crippen MR) is 78.8 cm³/mol. The van der Waals surface area contributed by atoms with E-state index in [2.05, 4.69) is 16.2 Å². The molecule has 3 nitrogen and oxygen atoms in total. The molecule has 248 valence electrons. The summed E-state index contributed by atoms with van der Waals surface area (Å²) in [5, 5.41) is 11.9. The molecule has 0 heterocycles. The van der Waals surface area contributed by atoms with Gasteiger partial charge >= 0.3 is 79.5 Å². The quantitative estimate of drug-likeness (QED) is 0.187. The highest BCUT2D eigenvalue weighted by molar-refractivity contribution is 6.73. The van der Waals surface area contributed by atoms with Gasteiger partial charge in [-0.1, -0.05) is 0 Å². The Labute approximate surface area is 207 Å². The van der Waals surface area contributed by atoms with E-state index in [4.69, 9.17) is 0 Å². The molecule has 41 heavy (non-hydrogen) atoms. The van der Waals surface area contributed by atoms with Gasteiger partial charge in [0.1, 0.15) is 0 Å². The maximum atomic E-state index is 13.6. The predicted octanol–water partition coefficient (Wildman–Crippen LogP) is 5.89. The maximum Gasteiger partial charge on any atom is 0.460 e. The van der Waals surface area contributed by atoms with Crippen molar-refractivity contribution in [2.75, 3.05) is 0 Å². The normalized spacial score (nSPS) is 17.3. The summed E-state index contributed by atoms with van der Waals surface area (Å²) in [5.74, 6) is -92.2. The molecule has 0 unspecified atom stereocenters. The largest absolute Gasteiger partial charge is 0.460 e. The molecule has 0 aromatic carbocycles. The van der Waals surface area contributed by atoms with Gasteiger partial charge in [0.15, 0.2) is 0 Å². The van der Waals surface area contributed by atoms with Gasteiger partial charge in [-0.25, -0.2) is 0 Å². The van der Waals surface area contributed by atoms with Crippen molar-refractivity contribution in [2.45, 2.75) is 70.9 Å². The molecule has 0 radical (unpaired) electrons. The molecule has 0 aliphatic heterocycles. The van der Waals surface area contributed by atoms with E-state index in [1.807, 2.05) is 0 Å². The molecule has 0 atom stereocenters. The number of hydrogen-bond acceptors (Lipinski definition) is 3. The second-order valence-corrected chi connectivity index (χ2v) is 10.2. The van der Waals surface area contributed by atoms with Crippen LogP contribution in [0, 0.1) is 0 Å². The lowest BCUT2D eigenvalue weighted by atomic mass is 9.85. The zero-order valence-electron chi connectivity index (χ0n) is 17.7. The Kier molecular flexibility index (Phi) is 8.81. The van der Waals surface area contributed by atoms with Gasteiger partial charge in [-0.2, -0.15) is 110 Å². The van der Waals surface area contributed by atoms with Crippen LogP contribution in [0.25, 0.3) is 0 Å². The minimum Gasteiger partial charge on any atom is -0.323 e. The Balaban J connectivity index is 7.41. The van der Waals surface area contributed by atoms with E-state index in [1.165, 1.54) is 0 Å². The third-order valence-electron chi connectivity index (χ3n) is 4.84. The van der Waals surface area contributed by atoms with Crippen LogP contribution in [0.3, 0.4) is 0 Å². The highest BCUT2D eigenvalue weighted by Crippen LogP contribution is 2.67. The van der Waals surface area contributed by atoms with E-state index >= 15 is 0 Å². The van der Waals surface area contributed by atoms with Crippen molar-refractivity contribution in [3.8, 4) is 0 Å². The van der Waals surface area contributed by atoms with Gasteiger partial charge in [-0.15, -0.1) is 0 Å². The molecule has 0 amide bonds. The number of rotatable bonds is 11. The minimum absolute atomic E-state index is 3.95. The first-order valence-electron chi connectivity index (χ1n) is 8.59. The number of alkyl halides is 25. The van der Waals surface area contributed by atoms with Crippen LogP contribution >= 0.6 is 0 Å². The van der Waals surface area contributed by atoms with E-state index in [9.17, 15) is 110 Å². The van der Waals surface area contributed by atoms with E-state index < -0.39 is 79.5 Å². The van der Waals surface area contributed by atoms with Crippen LogP contribution in [-0.2, 0) is 0 Å². The van der Waals surface area contributed by atoms with Crippen molar-refractivity contribution < 1.29 is 110 Å². The summed E-state index contributed by atoms with van der Waals surface area (Å²) in [5.41, 5.74) is -7.27. The fourth-order valence-electron chi connectivity index (χ4n) is 2.22. The average Bonchev–Trinajstić information content (AvgIpc) is 2.70. The second-order valence-electron chi connectivity index (χ2n) is 7.75. The molecule has 29 heteroatoms. The molecule has 0 aromatic heterocycles. The molecular weight excluding hydrogens is 689 g/mol. The topological polar surface area (TPSA) is 78.1 Å². The molecule has 0 bridgehead atoms. The van der Waals surface area contributed by atoms with Crippen LogP contribution in [0.5, 0.6) is 0 Å². The SMILES string of the molecule is N[Si](N)(N)C(F)(F)C(F)(F)C(F)(F)C(F)(F)C(F)(F)C(F)(F)C(F)(F)C(F)(F)C(F)(F)C(F)(F)C(F)(F)C(F)(F)F. The van der Waals surface area contributed by atoms with Crippen molar-refractivity contribution in [2.24, 2.45) is 16.2 Å². The minimum atomic E-state index is -9.64. The molecule has 0 saturated heterocycles. The average molecular weight is 695 g/mol. The first-order valence-corrected chi connectivity index (χ1v) is 10.8. The van der Waals surface area contributed by atoms with Crippen LogP contribution in [0.1, 0.15) is 0 Å². The van der Waals surface area contributed by atoms with Crippen molar-refractivity contribution in [3.05, 3.63) is 0 Å². The van der Waals surface area contributed by atoms with Crippen molar-refractivity contribution in [3.63, 3.8) is 0 Å². The Hall–Kier alpha value is -1.65. The van der Waals surface area contributed by atoms with Gasteiger partial charge in [0.05, 0.1) is 0 Å². The second kappa shape index (κ2) is 9.18. The summed E-state index contributed by atoms with van der Waals surface area (Å²) in [4.78, 5) is 0. The Morgan fingerprint density at radius 1 is 0.244 bits per heavy atom. The molecular formula is C12H6F25N3Si. The Morgan fingerprint density at radius 2 is 0.390 bits per heavy atom. The maximum absolute atomic E-state index is 13.6. The molecule has 0 aromatic rings. The molecule has 6 N–H and O–H groups in total. The van der Waals surface area contributed by atoms with E-state index in [0.717, 1.165) is 0 Å². The first kappa shape index (κ1) is 39.3. The lowest BCUT2D eigenvalue weighted by molar-refractivity contribution is -0.480. The number of hydrogen-bond donors (Lipinski definition) is 3. The summed E-state index contributed by atoms with van der Waals surface area (Å²) in [6.07, 6.45) is -8.18. The van der Waals surface area contributed by atoms with Gasteiger partial charge < -0.3 is 16.2 Å². The van der Waals surface area contributed by atoms with Gasteiger partial charge in [-0.3, -0.25) is 0 Å². The highest BCUT2D eigenvalue weighted by Gasteiger charge is 3.00. The Bertz CT molecular complexity index is 897. The van der Waals surface area contributed by atoms with Crippen molar-refractivity contribution in [1.29, 1.82) is 0 Å². The summed E-state index contributed by atoms with van der Waals surface area (Å²) in [7, 11) is -6.90. The molecule has 0 spiro atoms. The molecule has 0 saturated carbocycles. The molecule has 0 aliphatic carbocycles. The lowest BCUT2D eigenvalue weighted by Crippen LogP contribution is -2.85. The number of nitrogens with two attached hydrogens (primary N) is 3. The summed E-state index contributed by atoms with van der Waals surface area (Å²) in [6.45, 7) is 0. The van der Waals surface area contributed by atoms with Crippen molar-refractivity contribution >= 4 is 8.56 Å². The molecule has 0 rings (SSSR count). The van der Waals surface area contributed by atoms with Gasteiger partial charge in [0.2, 0.25) is 0 Å². The Morgan fingerprint density at radius 3 is 0.537 bits per heavy atom. The van der Waals surface area contributed by atoms with Crippen LogP contribution in [0.2, 0.25) is 0 Å². The van der Waals surface area contributed by atoms with Crippen LogP contribution < -0.4 is 16.2 Å². The monoisotopic (exact) mass is 695 g/mol. The summed E-state index contributed by atoms with van der Waals surface area (Å²) >= 11 is 0. The summed E-state index contributed by atoms with van der Waals surface area (Å²) < 4.78 is 330. The van der Waals surface area contributed by atoms with Gasteiger partial charge in [-0.05, 0) is 0 Å². The fourth-order valence-corrected chi connectivity index (χ4v) is 2.93. The van der Waals surface area contributed by atoms with Crippen LogP contribution in [-0.4, -0.2) is 79.5 Å². The third-order valence-corrected chi connectivity index (χ3v) is 6.24. The zero-order valence-corrected chi connectivity index (χ0v) is 18.7. The lowest BCUT2D eigenvalue weighted by Gasteiger charge is -2.46. The van der Waals surface area contributed by atoms with Gasteiger partial charge in [0.25, 0.3) is 0 Å². The van der Waals surface area contributed by atoms with E-state index in [1.54, 1.807) is 0 Å². The third kappa shape index (κ3) is 4.48. The molecule has 0 aliphatic rings. The van der Waals surface area contributed by atoms with Crippen LogP contribution in [0.15, 0.2) is 0 Å². The smallest absolute Gasteiger partial charge is 0.323 e. The highest BCUT2D eigenvalue weighted by atomic mass is 28.4. The van der Waals surface area contributed by atoms with Crippen molar-refractivity contribution in [1.82, 2.24) is 0 Å².